The summed E-state index contributed by atoms with van der Waals surface area (Å²) in [5, 5.41) is 20.7. The molecule has 0 saturated heterocycles. The quantitative estimate of drug-likeness (QED) is 0.469. The van der Waals surface area contributed by atoms with Crippen molar-refractivity contribution in [2.75, 3.05) is 7.11 Å². The maximum Gasteiger partial charge on any atom is 0.172 e. The average Bonchev–Trinajstić information content (AvgIpc) is 3.02. The third-order valence-corrected chi connectivity index (χ3v) is 7.99. The van der Waals surface area contributed by atoms with Crippen LogP contribution in [0.1, 0.15) is 88.6 Å². The fourth-order valence-corrected chi connectivity index (χ4v) is 6.49. The summed E-state index contributed by atoms with van der Waals surface area (Å²) in [6.45, 7) is 10.2. The van der Waals surface area contributed by atoms with Crippen LogP contribution < -0.4 is 4.74 Å². The van der Waals surface area contributed by atoms with E-state index in [2.05, 4.69) is 29.5 Å². The third kappa shape index (κ3) is 3.57. The summed E-state index contributed by atoms with van der Waals surface area (Å²) in [5.41, 5.74) is 1.68. The predicted octanol–water partition coefficient (Wildman–Crippen LogP) is 5.92. The lowest BCUT2D eigenvalue weighted by Gasteiger charge is -2.49. The molecular formula is C23H35IO4. The van der Waals surface area contributed by atoms with Gasteiger partial charge in [-0.15, -0.1) is 0 Å². The van der Waals surface area contributed by atoms with Gasteiger partial charge in [0.25, 0.3) is 0 Å². The molecule has 4 rings (SSSR count). The van der Waals surface area contributed by atoms with Crippen LogP contribution in [0.3, 0.4) is 0 Å². The number of carbonyl (C=O) groups excluding carboxylic acids is 1. The standard InChI is InChI=1S/C19H23IO4.2C2H6/c1-19-6-5-9-10(12(19)3-4-15(19)22)7-13(21)16-11(9)8-14(24-2)18(23)17(16)20;2*1-2/h8-10,12,15,22-23H,3-7H2,1-2H3;2*1-2H3/t9?,10?,12?,15?,19-;;/m0../s1. The molecule has 2 saturated carbocycles. The number of aliphatic hydroxyl groups excluding tert-OH is 1. The van der Waals surface area contributed by atoms with E-state index in [9.17, 15) is 15.0 Å². The van der Waals surface area contributed by atoms with Crippen LogP contribution in [0, 0.1) is 20.8 Å². The molecule has 1 aromatic carbocycles. The molecule has 0 bridgehead atoms. The van der Waals surface area contributed by atoms with Crippen LogP contribution in [-0.4, -0.2) is 29.2 Å². The van der Waals surface area contributed by atoms with Gasteiger partial charge in [-0.25, -0.2) is 0 Å². The number of aromatic hydroxyl groups is 1. The second-order valence-electron chi connectivity index (χ2n) is 7.85. The van der Waals surface area contributed by atoms with Crippen molar-refractivity contribution < 1.29 is 19.7 Å². The highest BCUT2D eigenvalue weighted by molar-refractivity contribution is 14.1. The molecule has 4 nitrogen and oxygen atoms in total. The molecule has 5 atom stereocenters. The largest absolute Gasteiger partial charge is 0.504 e. The number of hydrogen-bond donors (Lipinski definition) is 2. The normalized spacial score (nSPS) is 32.6. The highest BCUT2D eigenvalue weighted by Gasteiger charge is 2.55. The number of phenols is 1. The van der Waals surface area contributed by atoms with Crippen molar-refractivity contribution in [3.8, 4) is 11.5 Å². The fourth-order valence-electron chi connectivity index (χ4n) is 5.61. The summed E-state index contributed by atoms with van der Waals surface area (Å²) >= 11 is 2.06. The Morgan fingerprint density at radius 1 is 1.18 bits per heavy atom. The molecule has 0 aliphatic heterocycles. The minimum Gasteiger partial charge on any atom is -0.504 e. The van der Waals surface area contributed by atoms with Gasteiger partial charge in [0.15, 0.2) is 17.3 Å². The van der Waals surface area contributed by atoms with Gasteiger partial charge in [-0.1, -0.05) is 34.6 Å². The number of phenolic OH excluding ortho intramolecular Hbond substituents is 1. The van der Waals surface area contributed by atoms with Crippen molar-refractivity contribution in [1.29, 1.82) is 0 Å². The van der Waals surface area contributed by atoms with Crippen LogP contribution in [0.5, 0.6) is 11.5 Å². The maximum atomic E-state index is 12.9. The smallest absolute Gasteiger partial charge is 0.172 e. The van der Waals surface area contributed by atoms with E-state index >= 15 is 0 Å². The minimum absolute atomic E-state index is 0.0485. The molecule has 0 aromatic heterocycles. The predicted molar refractivity (Wildman–Crippen MR) is 121 cm³/mol. The lowest BCUT2D eigenvalue weighted by atomic mass is 9.55. The molecule has 3 aliphatic carbocycles. The Balaban J connectivity index is 0.000000660. The Hall–Kier alpha value is -0.820. The van der Waals surface area contributed by atoms with E-state index in [1.54, 1.807) is 7.11 Å². The zero-order valence-corrected chi connectivity index (χ0v) is 20.2. The number of methoxy groups -OCH3 is 1. The number of halogens is 1. The van der Waals surface area contributed by atoms with Gasteiger partial charge in [0.05, 0.1) is 16.8 Å². The molecule has 0 radical (unpaired) electrons. The average molecular weight is 502 g/mol. The second-order valence-corrected chi connectivity index (χ2v) is 8.93. The first-order valence-electron chi connectivity index (χ1n) is 10.7. The molecule has 2 N–H and O–H groups in total. The zero-order valence-electron chi connectivity index (χ0n) is 18.0. The monoisotopic (exact) mass is 502 g/mol. The van der Waals surface area contributed by atoms with E-state index in [0.29, 0.717) is 39.1 Å². The Morgan fingerprint density at radius 3 is 2.43 bits per heavy atom. The van der Waals surface area contributed by atoms with E-state index in [-0.39, 0.29) is 23.1 Å². The highest BCUT2D eigenvalue weighted by atomic mass is 127. The SMILES string of the molecule is CC.CC.COc1cc2c(c(I)c1O)C(=O)CC1C2CC[C@]2(C)C(O)CCC12. The lowest BCUT2D eigenvalue weighted by molar-refractivity contribution is -0.0208. The molecule has 4 unspecified atom stereocenters. The summed E-state index contributed by atoms with van der Waals surface area (Å²) in [5.74, 6) is 1.67. The number of benzene rings is 1. The first-order chi connectivity index (χ1) is 13.4. The van der Waals surface area contributed by atoms with Gasteiger partial charge in [-0.05, 0) is 83.1 Å². The number of carbonyl (C=O) groups is 1. The first-order valence-corrected chi connectivity index (χ1v) is 11.8. The molecule has 158 valence electrons. The maximum absolute atomic E-state index is 12.9. The van der Waals surface area contributed by atoms with Gasteiger partial charge in [0.1, 0.15) is 0 Å². The summed E-state index contributed by atoms with van der Waals surface area (Å²) in [6, 6.07) is 1.87. The number of ketones is 1. The second kappa shape index (κ2) is 9.33. The van der Waals surface area contributed by atoms with Crippen LogP contribution in [0.4, 0.5) is 0 Å². The van der Waals surface area contributed by atoms with Crippen molar-refractivity contribution in [2.45, 2.75) is 78.7 Å². The van der Waals surface area contributed by atoms with Crippen LogP contribution in [0.2, 0.25) is 0 Å². The number of Topliss-reactive ketones (excluding diaryl/α,β-unsaturated/α-hetero) is 1. The topological polar surface area (TPSA) is 66.8 Å². The minimum atomic E-state index is -0.241. The van der Waals surface area contributed by atoms with Gasteiger partial charge in [0.2, 0.25) is 0 Å². The van der Waals surface area contributed by atoms with E-state index in [1.165, 1.54) is 0 Å². The van der Waals surface area contributed by atoms with Crippen molar-refractivity contribution >= 4 is 28.4 Å². The number of aliphatic hydroxyl groups is 1. The zero-order chi connectivity index (χ0) is 21.2. The summed E-state index contributed by atoms with van der Waals surface area (Å²) in [6.07, 6.45) is 4.13. The summed E-state index contributed by atoms with van der Waals surface area (Å²) < 4.78 is 5.94. The van der Waals surface area contributed by atoms with Gasteiger partial charge < -0.3 is 14.9 Å². The number of fused-ring (bicyclic) bond motifs is 5. The molecular weight excluding hydrogens is 467 g/mol. The van der Waals surface area contributed by atoms with E-state index in [4.69, 9.17) is 4.74 Å². The lowest BCUT2D eigenvalue weighted by Crippen LogP contribution is -2.45. The molecule has 28 heavy (non-hydrogen) atoms. The molecule has 0 amide bonds. The first kappa shape index (κ1) is 23.5. The number of hydrogen-bond acceptors (Lipinski definition) is 4. The van der Waals surface area contributed by atoms with Gasteiger partial charge in [-0.3, -0.25) is 4.79 Å². The van der Waals surface area contributed by atoms with E-state index < -0.39 is 0 Å². The van der Waals surface area contributed by atoms with Crippen molar-refractivity contribution in [3.05, 3.63) is 20.8 Å². The molecule has 2 fully saturated rings. The third-order valence-electron chi connectivity index (χ3n) is 6.94. The van der Waals surface area contributed by atoms with Gasteiger partial charge in [-0.2, -0.15) is 0 Å². The summed E-state index contributed by atoms with van der Waals surface area (Å²) in [4.78, 5) is 12.9. The van der Waals surface area contributed by atoms with Crippen molar-refractivity contribution in [1.82, 2.24) is 0 Å². The fraction of sp³-hybridized carbons (Fsp3) is 0.696. The summed E-state index contributed by atoms with van der Waals surface area (Å²) in [7, 11) is 1.55. The Morgan fingerprint density at radius 2 is 1.82 bits per heavy atom. The molecule has 3 aliphatic rings. The Bertz CT molecular complexity index is 717. The number of rotatable bonds is 1. The van der Waals surface area contributed by atoms with Gasteiger partial charge in [0, 0.05) is 12.0 Å². The van der Waals surface area contributed by atoms with Crippen LogP contribution in [0.25, 0.3) is 0 Å². The van der Waals surface area contributed by atoms with E-state index in [1.807, 2.05) is 33.8 Å². The van der Waals surface area contributed by atoms with Gasteiger partial charge >= 0.3 is 0 Å². The molecule has 1 aromatic rings. The molecule has 5 heteroatoms. The Kier molecular flexibility index (Phi) is 7.82. The van der Waals surface area contributed by atoms with Crippen molar-refractivity contribution in [2.24, 2.45) is 17.3 Å². The van der Waals surface area contributed by atoms with Crippen LogP contribution in [0.15, 0.2) is 6.07 Å². The number of ether oxygens (including phenoxy) is 1. The molecule has 0 heterocycles. The van der Waals surface area contributed by atoms with Crippen molar-refractivity contribution in [3.63, 3.8) is 0 Å². The Labute approximate surface area is 183 Å². The molecule has 0 spiro atoms. The van der Waals surface area contributed by atoms with Crippen LogP contribution in [-0.2, 0) is 0 Å². The van der Waals surface area contributed by atoms with E-state index in [0.717, 1.165) is 31.2 Å². The highest BCUT2D eigenvalue weighted by Crippen LogP contribution is 2.61. The van der Waals surface area contributed by atoms with Crippen LogP contribution >= 0.6 is 22.6 Å².